The van der Waals surface area contributed by atoms with Crippen molar-refractivity contribution in [2.45, 2.75) is 18.8 Å². The van der Waals surface area contributed by atoms with Gasteiger partial charge in [-0.3, -0.25) is 4.79 Å². The van der Waals surface area contributed by atoms with E-state index in [4.69, 9.17) is 4.42 Å². The maximum absolute atomic E-state index is 12.1. The summed E-state index contributed by atoms with van der Waals surface area (Å²) in [7, 11) is 0. The molecule has 22 heavy (non-hydrogen) atoms. The third kappa shape index (κ3) is 2.41. The van der Waals surface area contributed by atoms with Gasteiger partial charge in [-0.15, -0.1) is 0 Å². The van der Waals surface area contributed by atoms with Gasteiger partial charge in [-0.2, -0.15) is 0 Å². The zero-order valence-corrected chi connectivity index (χ0v) is 12.2. The Labute approximate surface area is 128 Å². The van der Waals surface area contributed by atoms with Gasteiger partial charge in [0.25, 0.3) is 0 Å². The number of fused-ring (bicyclic) bond motifs is 1. The molecule has 0 saturated heterocycles. The molecule has 1 amide bonds. The van der Waals surface area contributed by atoms with Crippen molar-refractivity contribution in [3.63, 3.8) is 0 Å². The van der Waals surface area contributed by atoms with Gasteiger partial charge in [0.05, 0.1) is 6.26 Å². The van der Waals surface area contributed by atoms with Crippen molar-refractivity contribution >= 4 is 16.8 Å². The molecular weight excluding hydrogens is 276 g/mol. The van der Waals surface area contributed by atoms with Crippen molar-refractivity contribution in [1.29, 1.82) is 0 Å². The second kappa shape index (κ2) is 5.37. The van der Waals surface area contributed by atoms with E-state index >= 15 is 0 Å². The molecule has 1 fully saturated rings. The highest BCUT2D eigenvalue weighted by Crippen LogP contribution is 2.47. The van der Waals surface area contributed by atoms with Crippen LogP contribution >= 0.6 is 0 Å². The number of amides is 1. The van der Waals surface area contributed by atoms with Gasteiger partial charge in [0.2, 0.25) is 5.91 Å². The van der Waals surface area contributed by atoms with Crippen molar-refractivity contribution < 1.29 is 9.21 Å². The Morgan fingerprint density at radius 1 is 1.27 bits per heavy atom. The van der Waals surface area contributed by atoms with Gasteiger partial charge < -0.3 is 14.7 Å². The van der Waals surface area contributed by atoms with Crippen LogP contribution in [-0.2, 0) is 11.2 Å². The summed E-state index contributed by atoms with van der Waals surface area (Å²) < 4.78 is 5.37. The number of rotatable bonds is 5. The number of para-hydroxylation sites is 1. The van der Waals surface area contributed by atoms with Gasteiger partial charge in [-0.05, 0) is 36.6 Å². The number of H-pyrrole nitrogens is 1. The molecule has 112 valence electrons. The Bertz CT molecular complexity index is 788. The zero-order valence-electron chi connectivity index (χ0n) is 12.2. The van der Waals surface area contributed by atoms with Crippen LogP contribution in [0.1, 0.15) is 23.7 Å². The number of carbonyl (C=O) groups is 1. The van der Waals surface area contributed by atoms with Gasteiger partial charge in [0.15, 0.2) is 0 Å². The first kappa shape index (κ1) is 13.2. The molecule has 0 aliphatic heterocycles. The molecule has 2 aromatic heterocycles. The molecule has 4 nitrogen and oxygen atoms in total. The van der Waals surface area contributed by atoms with Crippen LogP contribution < -0.4 is 5.32 Å². The molecule has 2 atom stereocenters. The van der Waals surface area contributed by atoms with E-state index in [1.54, 1.807) is 6.26 Å². The van der Waals surface area contributed by atoms with E-state index in [0.29, 0.717) is 6.54 Å². The molecule has 0 radical (unpaired) electrons. The molecule has 1 aliphatic carbocycles. The van der Waals surface area contributed by atoms with Crippen molar-refractivity contribution in [2.24, 2.45) is 5.92 Å². The van der Waals surface area contributed by atoms with Crippen molar-refractivity contribution in [3.05, 3.63) is 60.2 Å². The zero-order chi connectivity index (χ0) is 14.9. The fraction of sp³-hybridized carbons (Fsp3) is 0.278. The maximum Gasteiger partial charge on any atom is 0.223 e. The summed E-state index contributed by atoms with van der Waals surface area (Å²) in [5.74, 6) is 1.41. The quantitative estimate of drug-likeness (QED) is 0.759. The van der Waals surface area contributed by atoms with Crippen molar-refractivity contribution in [2.75, 3.05) is 6.54 Å². The number of carbonyl (C=O) groups excluding carboxylic acids is 1. The summed E-state index contributed by atoms with van der Waals surface area (Å²) in [5.41, 5.74) is 2.39. The molecule has 0 bridgehead atoms. The molecule has 4 rings (SSSR count). The van der Waals surface area contributed by atoms with Crippen molar-refractivity contribution in [1.82, 2.24) is 10.3 Å². The summed E-state index contributed by atoms with van der Waals surface area (Å²) in [6, 6.07) is 12.1. The average molecular weight is 294 g/mol. The molecule has 0 unspecified atom stereocenters. The Kier molecular flexibility index (Phi) is 3.22. The second-order valence-electron chi connectivity index (χ2n) is 5.86. The number of furan rings is 1. The normalized spacial score (nSPS) is 20.2. The molecule has 1 aliphatic rings. The second-order valence-corrected chi connectivity index (χ2v) is 5.86. The minimum absolute atomic E-state index is 0.0779. The first-order valence-electron chi connectivity index (χ1n) is 7.69. The first-order chi connectivity index (χ1) is 10.8. The van der Waals surface area contributed by atoms with E-state index in [0.717, 1.165) is 24.1 Å². The third-order valence-electron chi connectivity index (χ3n) is 4.40. The van der Waals surface area contributed by atoms with E-state index in [9.17, 15) is 4.79 Å². The predicted molar refractivity (Wildman–Crippen MR) is 84.6 cm³/mol. The average Bonchev–Trinajstić information content (AvgIpc) is 2.98. The van der Waals surface area contributed by atoms with E-state index in [-0.39, 0.29) is 17.7 Å². The lowest BCUT2D eigenvalue weighted by molar-refractivity contribution is -0.122. The molecule has 1 aromatic carbocycles. The summed E-state index contributed by atoms with van der Waals surface area (Å²) in [4.78, 5) is 15.4. The number of hydrogen-bond acceptors (Lipinski definition) is 2. The fourth-order valence-electron chi connectivity index (χ4n) is 3.09. The molecular formula is C18H18N2O2. The number of hydrogen-bond donors (Lipinski definition) is 2. The first-order valence-corrected chi connectivity index (χ1v) is 7.69. The lowest BCUT2D eigenvalue weighted by Gasteiger charge is -2.04. The minimum Gasteiger partial charge on any atom is -0.469 e. The molecule has 2 heterocycles. The Hall–Kier alpha value is -2.49. The molecule has 4 heteroatoms. The molecule has 0 spiro atoms. The van der Waals surface area contributed by atoms with Gasteiger partial charge >= 0.3 is 0 Å². The molecule has 1 saturated carbocycles. The highest BCUT2D eigenvalue weighted by atomic mass is 16.3. The van der Waals surface area contributed by atoms with Crippen molar-refractivity contribution in [3.8, 4) is 0 Å². The summed E-state index contributed by atoms with van der Waals surface area (Å²) >= 11 is 0. The number of aromatic nitrogens is 1. The summed E-state index contributed by atoms with van der Waals surface area (Å²) in [5, 5.41) is 4.28. The van der Waals surface area contributed by atoms with Gasteiger partial charge in [0, 0.05) is 35.5 Å². The Balaban J connectivity index is 1.31. The highest BCUT2D eigenvalue weighted by molar-refractivity contribution is 5.84. The maximum atomic E-state index is 12.1. The van der Waals surface area contributed by atoms with E-state index in [2.05, 4.69) is 22.4 Å². The van der Waals surface area contributed by atoms with Crippen LogP contribution in [0.4, 0.5) is 0 Å². The van der Waals surface area contributed by atoms with Crippen LogP contribution in [0.25, 0.3) is 10.9 Å². The standard InChI is InChI=1S/C18H18N2O2/c21-18(15-10-14(15)17-6-3-9-22-17)19-8-7-12-11-20-16-5-2-1-4-13(12)16/h1-6,9,11,14-15,20H,7-8,10H2,(H,19,21)/t14-,15-/m1/s1. The van der Waals surface area contributed by atoms with Gasteiger partial charge in [-0.25, -0.2) is 0 Å². The Morgan fingerprint density at radius 3 is 3.05 bits per heavy atom. The lowest BCUT2D eigenvalue weighted by Crippen LogP contribution is -2.27. The minimum atomic E-state index is 0.0779. The molecule has 3 aromatic rings. The summed E-state index contributed by atoms with van der Waals surface area (Å²) in [6.45, 7) is 0.669. The van der Waals surface area contributed by atoms with Crippen LogP contribution in [0.5, 0.6) is 0 Å². The predicted octanol–water partition coefficient (Wildman–Crippen LogP) is 3.22. The van der Waals surface area contributed by atoms with Crippen LogP contribution in [0.3, 0.4) is 0 Å². The van der Waals surface area contributed by atoms with Crippen LogP contribution in [0, 0.1) is 5.92 Å². The van der Waals surface area contributed by atoms with Gasteiger partial charge in [-0.1, -0.05) is 18.2 Å². The SMILES string of the molecule is O=C(NCCc1c[nH]c2ccccc12)[C@@H]1C[C@H]1c1ccco1. The fourth-order valence-corrected chi connectivity index (χ4v) is 3.09. The monoisotopic (exact) mass is 294 g/mol. The largest absolute Gasteiger partial charge is 0.469 e. The summed E-state index contributed by atoms with van der Waals surface area (Å²) in [6.07, 6.45) is 5.43. The van der Waals surface area contributed by atoms with Gasteiger partial charge in [0.1, 0.15) is 5.76 Å². The number of aromatic amines is 1. The third-order valence-corrected chi connectivity index (χ3v) is 4.40. The van der Waals surface area contributed by atoms with E-state index in [1.807, 2.05) is 30.5 Å². The van der Waals surface area contributed by atoms with Crippen LogP contribution in [-0.4, -0.2) is 17.4 Å². The number of benzene rings is 1. The van der Waals surface area contributed by atoms with Crippen LogP contribution in [0.2, 0.25) is 0 Å². The Morgan fingerprint density at radius 2 is 2.18 bits per heavy atom. The smallest absolute Gasteiger partial charge is 0.223 e. The highest BCUT2D eigenvalue weighted by Gasteiger charge is 2.45. The van der Waals surface area contributed by atoms with Crippen LogP contribution in [0.15, 0.2) is 53.3 Å². The lowest BCUT2D eigenvalue weighted by atomic mass is 10.1. The van der Waals surface area contributed by atoms with E-state index in [1.165, 1.54) is 10.9 Å². The number of nitrogens with one attached hydrogen (secondary N) is 2. The topological polar surface area (TPSA) is 58.0 Å². The van der Waals surface area contributed by atoms with E-state index < -0.39 is 0 Å². The molecule has 2 N–H and O–H groups in total.